The minimum Gasteiger partial charge on any atom is -0.392 e. The molecule has 14 heteroatoms. The molecule has 0 aliphatic carbocycles. The highest BCUT2D eigenvalue weighted by Crippen LogP contribution is 2.39. The van der Waals surface area contributed by atoms with Gasteiger partial charge in [0, 0.05) is 68.2 Å². The van der Waals surface area contributed by atoms with Crippen LogP contribution in [0.5, 0.6) is 0 Å². The van der Waals surface area contributed by atoms with E-state index in [1.807, 2.05) is 67.6 Å². The van der Waals surface area contributed by atoms with Gasteiger partial charge in [-0.25, -0.2) is 8.42 Å². The van der Waals surface area contributed by atoms with Gasteiger partial charge in [-0.1, -0.05) is 84.4 Å². The fraction of sp³-hybridized carbons (Fsp3) is 0.295. The standard InChI is InChI=1S/C44H47N5O8S/c1-31-10-20-40(21-11-31)58(54,55)46-41(26-32-6-3-2-4-7-32)43(51)45-36-9-5-8-35(27-36)44-56-39(28-42(57-44)34-14-12-33(30-50)13-15-34)29-47-22-24-48(25-23-47)37-16-18-38(19-17-37)49(52)53/h2-21,27,39,41-42,44,46,50H,22-26,28-30H2,1H3,(H,45,51). The van der Waals surface area contributed by atoms with Crippen molar-refractivity contribution in [3.05, 3.63) is 165 Å². The highest BCUT2D eigenvalue weighted by molar-refractivity contribution is 7.89. The molecule has 4 atom stereocenters. The molecule has 13 nitrogen and oxygen atoms in total. The maximum absolute atomic E-state index is 13.9. The van der Waals surface area contributed by atoms with Crippen LogP contribution in [0.15, 0.2) is 132 Å². The molecule has 58 heavy (non-hydrogen) atoms. The largest absolute Gasteiger partial charge is 0.392 e. The van der Waals surface area contributed by atoms with E-state index in [1.54, 1.807) is 42.5 Å². The lowest BCUT2D eigenvalue weighted by Crippen LogP contribution is -2.49. The van der Waals surface area contributed by atoms with Gasteiger partial charge in [0.1, 0.15) is 6.04 Å². The quantitative estimate of drug-likeness (QED) is 0.0859. The number of piperazine rings is 1. The van der Waals surface area contributed by atoms with Crippen molar-refractivity contribution in [2.24, 2.45) is 0 Å². The fourth-order valence-corrected chi connectivity index (χ4v) is 8.49. The minimum atomic E-state index is -4.03. The number of hydrogen-bond donors (Lipinski definition) is 3. The van der Waals surface area contributed by atoms with Gasteiger partial charge in [-0.2, -0.15) is 4.72 Å². The van der Waals surface area contributed by atoms with Gasteiger partial charge in [-0.05, 0) is 66.4 Å². The molecule has 0 spiro atoms. The van der Waals surface area contributed by atoms with Crippen LogP contribution >= 0.6 is 0 Å². The van der Waals surface area contributed by atoms with Gasteiger partial charge >= 0.3 is 0 Å². The van der Waals surface area contributed by atoms with Crippen LogP contribution in [0.2, 0.25) is 0 Å². The number of nitrogens with one attached hydrogen (secondary N) is 2. The summed E-state index contributed by atoms with van der Waals surface area (Å²) in [6.07, 6.45) is -0.581. The van der Waals surface area contributed by atoms with Crippen molar-refractivity contribution >= 4 is 33.0 Å². The molecule has 0 saturated carbocycles. The molecule has 0 aromatic heterocycles. The van der Waals surface area contributed by atoms with Crippen molar-refractivity contribution in [2.45, 2.75) is 55.8 Å². The summed E-state index contributed by atoms with van der Waals surface area (Å²) in [6, 6.07) is 36.1. The van der Waals surface area contributed by atoms with Crippen molar-refractivity contribution in [2.75, 3.05) is 42.9 Å². The van der Waals surface area contributed by atoms with Crippen molar-refractivity contribution < 1.29 is 32.7 Å². The lowest BCUT2D eigenvalue weighted by Gasteiger charge is -2.41. The van der Waals surface area contributed by atoms with Gasteiger partial charge in [-0.15, -0.1) is 0 Å². The van der Waals surface area contributed by atoms with E-state index < -0.39 is 33.2 Å². The molecule has 0 radical (unpaired) electrons. The molecule has 2 aliphatic heterocycles. The highest BCUT2D eigenvalue weighted by atomic mass is 32.2. The Kier molecular flexibility index (Phi) is 12.9. The van der Waals surface area contributed by atoms with E-state index in [0.717, 1.165) is 54.1 Å². The first-order valence-corrected chi connectivity index (χ1v) is 20.8. The summed E-state index contributed by atoms with van der Waals surface area (Å²) in [4.78, 5) is 29.3. The Hall–Kier alpha value is -5.48. The number of aliphatic hydroxyl groups excluding tert-OH is 1. The summed E-state index contributed by atoms with van der Waals surface area (Å²) >= 11 is 0. The first kappa shape index (κ1) is 40.7. The number of carbonyl (C=O) groups excluding carboxylic acids is 1. The molecular weight excluding hydrogens is 759 g/mol. The number of nitro groups is 1. The molecule has 302 valence electrons. The number of ether oxygens (including phenoxy) is 2. The second-order valence-electron chi connectivity index (χ2n) is 14.7. The predicted octanol–water partition coefficient (Wildman–Crippen LogP) is 6.29. The Morgan fingerprint density at radius 1 is 0.845 bits per heavy atom. The van der Waals surface area contributed by atoms with E-state index in [-0.39, 0.29) is 35.8 Å². The lowest BCUT2D eigenvalue weighted by atomic mass is 9.99. The van der Waals surface area contributed by atoms with E-state index in [4.69, 9.17) is 9.47 Å². The number of rotatable bonds is 14. The van der Waals surface area contributed by atoms with E-state index in [9.17, 15) is 28.4 Å². The minimum absolute atomic E-state index is 0.0653. The zero-order chi connectivity index (χ0) is 40.6. The smallest absolute Gasteiger partial charge is 0.269 e. The summed E-state index contributed by atoms with van der Waals surface area (Å²) in [5, 5.41) is 23.7. The van der Waals surface area contributed by atoms with Gasteiger partial charge < -0.3 is 24.8 Å². The third-order valence-electron chi connectivity index (χ3n) is 10.5. The first-order chi connectivity index (χ1) is 28.0. The maximum Gasteiger partial charge on any atom is 0.269 e. The van der Waals surface area contributed by atoms with Crippen molar-refractivity contribution in [3.8, 4) is 0 Å². The van der Waals surface area contributed by atoms with Crippen LogP contribution in [0.25, 0.3) is 0 Å². The van der Waals surface area contributed by atoms with Crippen LogP contribution in [-0.4, -0.2) is 74.1 Å². The third-order valence-corrected chi connectivity index (χ3v) is 12.0. The van der Waals surface area contributed by atoms with Gasteiger partial charge in [0.2, 0.25) is 15.9 Å². The summed E-state index contributed by atoms with van der Waals surface area (Å²) < 4.78 is 42.8. The lowest BCUT2D eigenvalue weighted by molar-refractivity contribution is -0.384. The van der Waals surface area contributed by atoms with E-state index in [0.29, 0.717) is 24.2 Å². The number of aliphatic hydroxyl groups is 1. The second kappa shape index (κ2) is 18.4. The molecular formula is C44H47N5O8S. The average molecular weight is 806 g/mol. The van der Waals surface area contributed by atoms with Crippen molar-refractivity contribution in [1.82, 2.24) is 9.62 Å². The van der Waals surface area contributed by atoms with Crippen LogP contribution in [-0.2, 0) is 37.3 Å². The van der Waals surface area contributed by atoms with E-state index >= 15 is 0 Å². The topological polar surface area (TPSA) is 164 Å². The highest BCUT2D eigenvalue weighted by Gasteiger charge is 2.34. The van der Waals surface area contributed by atoms with E-state index in [1.165, 1.54) is 24.3 Å². The van der Waals surface area contributed by atoms with Gasteiger partial charge in [0.25, 0.3) is 5.69 Å². The number of amides is 1. The molecule has 1 amide bonds. The Bertz CT molecular complexity index is 2270. The maximum atomic E-state index is 13.9. The number of hydrogen-bond acceptors (Lipinski definition) is 10. The molecule has 0 bridgehead atoms. The van der Waals surface area contributed by atoms with Gasteiger partial charge in [0.15, 0.2) is 6.29 Å². The van der Waals surface area contributed by atoms with E-state index in [2.05, 4.69) is 19.8 Å². The van der Waals surface area contributed by atoms with Gasteiger partial charge in [0.05, 0.1) is 28.6 Å². The number of aryl methyl sites for hydroxylation is 1. The zero-order valence-corrected chi connectivity index (χ0v) is 33.0. The van der Waals surface area contributed by atoms with Crippen LogP contribution in [0.4, 0.5) is 17.1 Å². The average Bonchev–Trinajstić information content (AvgIpc) is 3.24. The normalized spacial score (nSPS) is 19.3. The van der Waals surface area contributed by atoms with Gasteiger partial charge in [-0.3, -0.25) is 19.8 Å². The summed E-state index contributed by atoms with van der Waals surface area (Å²) in [6.45, 7) is 5.52. The molecule has 2 saturated heterocycles. The Morgan fingerprint density at radius 3 is 2.22 bits per heavy atom. The molecule has 2 heterocycles. The van der Waals surface area contributed by atoms with Crippen LogP contribution in [0.1, 0.15) is 46.6 Å². The number of sulfonamides is 1. The third kappa shape index (κ3) is 10.3. The number of anilines is 2. The summed E-state index contributed by atoms with van der Waals surface area (Å²) in [5.41, 5.74) is 5.61. The molecule has 3 N–H and O–H groups in total. The zero-order valence-electron chi connectivity index (χ0n) is 32.1. The Balaban J connectivity index is 1.07. The SMILES string of the molecule is Cc1ccc(S(=O)(=O)NC(Cc2ccccc2)C(=O)Nc2cccc(C3OC(CN4CCN(c5ccc([N+](=O)[O-])cc5)CC4)CC(c4ccc(CO)cc4)O3)c2)cc1. The molecule has 7 rings (SSSR count). The van der Waals surface area contributed by atoms with Crippen LogP contribution < -0.4 is 14.9 Å². The number of carbonyl (C=O) groups is 1. The summed E-state index contributed by atoms with van der Waals surface area (Å²) in [5.74, 6) is -0.519. The number of benzene rings is 5. The molecule has 2 fully saturated rings. The monoisotopic (exact) mass is 805 g/mol. The Labute approximate surface area is 338 Å². The molecule has 5 aromatic rings. The molecule has 4 unspecified atom stereocenters. The number of nitro benzene ring substituents is 1. The molecule has 2 aliphatic rings. The van der Waals surface area contributed by atoms with Crippen molar-refractivity contribution in [3.63, 3.8) is 0 Å². The fourth-order valence-electron chi connectivity index (χ4n) is 7.30. The number of nitrogens with zero attached hydrogens (tertiary/aromatic N) is 3. The summed E-state index contributed by atoms with van der Waals surface area (Å²) in [7, 11) is -4.03. The second-order valence-corrected chi connectivity index (χ2v) is 16.4. The number of non-ortho nitro benzene ring substituents is 1. The van der Waals surface area contributed by atoms with Crippen molar-refractivity contribution in [1.29, 1.82) is 0 Å². The molecule has 5 aromatic carbocycles. The Morgan fingerprint density at radius 2 is 1.55 bits per heavy atom. The van der Waals surface area contributed by atoms with Crippen LogP contribution in [0.3, 0.4) is 0 Å². The predicted molar refractivity (Wildman–Crippen MR) is 221 cm³/mol. The first-order valence-electron chi connectivity index (χ1n) is 19.3. The van der Waals surface area contributed by atoms with Crippen LogP contribution in [0, 0.1) is 17.0 Å².